The van der Waals surface area contributed by atoms with Crippen LogP contribution >= 0.6 is 12.4 Å². The van der Waals surface area contributed by atoms with Gasteiger partial charge in [-0.25, -0.2) is 4.79 Å². The maximum absolute atomic E-state index is 11.3. The first-order valence-electron chi connectivity index (χ1n) is 5.17. The fourth-order valence-electron chi connectivity index (χ4n) is 2.02. The summed E-state index contributed by atoms with van der Waals surface area (Å²) in [6, 6.07) is 6.16. The molecule has 0 saturated carbocycles. The molecule has 1 unspecified atom stereocenters. The van der Waals surface area contributed by atoms with E-state index in [0.717, 1.165) is 13.0 Å². The van der Waals surface area contributed by atoms with Crippen molar-refractivity contribution >= 4 is 18.4 Å². The van der Waals surface area contributed by atoms with E-state index in [-0.39, 0.29) is 18.4 Å². The summed E-state index contributed by atoms with van der Waals surface area (Å²) in [7, 11) is 1.41. The van der Waals surface area contributed by atoms with Crippen LogP contribution in [-0.2, 0) is 11.2 Å². The van der Waals surface area contributed by atoms with Crippen LogP contribution in [0.4, 0.5) is 0 Å². The Bertz CT molecular complexity index is 393. The molecule has 0 spiro atoms. The van der Waals surface area contributed by atoms with Crippen LogP contribution < -0.4 is 5.32 Å². The van der Waals surface area contributed by atoms with E-state index in [1.807, 2.05) is 18.2 Å². The topological polar surface area (TPSA) is 38.3 Å². The molecule has 0 amide bonds. The molecule has 1 aliphatic rings. The minimum Gasteiger partial charge on any atom is -0.465 e. The van der Waals surface area contributed by atoms with Crippen molar-refractivity contribution in [3.05, 3.63) is 34.9 Å². The number of rotatable bonds is 1. The number of halogens is 1. The average Bonchev–Trinajstić information content (AvgIpc) is 2.28. The Morgan fingerprint density at radius 2 is 2.25 bits per heavy atom. The Labute approximate surface area is 102 Å². The van der Waals surface area contributed by atoms with Gasteiger partial charge in [0.05, 0.1) is 12.7 Å². The highest BCUT2D eigenvalue weighted by atomic mass is 35.5. The summed E-state index contributed by atoms with van der Waals surface area (Å²) in [5.74, 6) is -0.260. The molecule has 0 aliphatic carbocycles. The van der Waals surface area contributed by atoms with Crippen molar-refractivity contribution in [3.63, 3.8) is 0 Å². The first-order valence-corrected chi connectivity index (χ1v) is 5.17. The van der Waals surface area contributed by atoms with Crippen LogP contribution in [0, 0.1) is 0 Å². The van der Waals surface area contributed by atoms with Crippen LogP contribution in [0.15, 0.2) is 18.2 Å². The van der Waals surface area contributed by atoms with E-state index in [2.05, 4.69) is 12.2 Å². The van der Waals surface area contributed by atoms with Crippen molar-refractivity contribution in [2.24, 2.45) is 0 Å². The van der Waals surface area contributed by atoms with Gasteiger partial charge in [-0.3, -0.25) is 0 Å². The van der Waals surface area contributed by atoms with Gasteiger partial charge in [0.1, 0.15) is 0 Å². The van der Waals surface area contributed by atoms with Gasteiger partial charge < -0.3 is 10.1 Å². The molecule has 1 aromatic rings. The van der Waals surface area contributed by atoms with Crippen LogP contribution in [0.5, 0.6) is 0 Å². The molecule has 1 aliphatic heterocycles. The Balaban J connectivity index is 0.00000128. The van der Waals surface area contributed by atoms with Crippen LogP contribution in [0.2, 0.25) is 0 Å². The van der Waals surface area contributed by atoms with Crippen molar-refractivity contribution in [1.82, 2.24) is 5.32 Å². The van der Waals surface area contributed by atoms with Crippen LogP contribution in [-0.4, -0.2) is 19.6 Å². The standard InChI is InChI=1S/C12H15NO2.ClH/c1-8-11-4-3-10(12(14)15-2)7-9(11)5-6-13-8;/h3-4,7-8,13H,5-6H2,1-2H3;1H. The monoisotopic (exact) mass is 241 g/mol. The third-order valence-electron chi connectivity index (χ3n) is 2.88. The van der Waals surface area contributed by atoms with Gasteiger partial charge in [-0.1, -0.05) is 6.07 Å². The Morgan fingerprint density at radius 1 is 1.50 bits per heavy atom. The number of carbonyl (C=O) groups is 1. The van der Waals surface area contributed by atoms with Crippen LogP contribution in [0.1, 0.15) is 34.5 Å². The molecule has 3 nitrogen and oxygen atoms in total. The molecule has 4 heteroatoms. The van der Waals surface area contributed by atoms with E-state index >= 15 is 0 Å². The van der Waals surface area contributed by atoms with Gasteiger partial charge in [0, 0.05) is 6.04 Å². The van der Waals surface area contributed by atoms with E-state index < -0.39 is 0 Å². The summed E-state index contributed by atoms with van der Waals surface area (Å²) in [6.07, 6.45) is 0.977. The number of benzene rings is 1. The number of carbonyl (C=O) groups excluding carboxylic acids is 1. The van der Waals surface area contributed by atoms with Gasteiger partial charge in [0.25, 0.3) is 0 Å². The number of hydrogen-bond acceptors (Lipinski definition) is 3. The lowest BCUT2D eigenvalue weighted by Crippen LogP contribution is -2.27. The zero-order valence-corrected chi connectivity index (χ0v) is 10.3. The third-order valence-corrected chi connectivity index (χ3v) is 2.88. The predicted molar refractivity (Wildman–Crippen MR) is 65.2 cm³/mol. The second-order valence-corrected chi connectivity index (χ2v) is 3.83. The second kappa shape index (κ2) is 5.32. The quantitative estimate of drug-likeness (QED) is 0.766. The Morgan fingerprint density at radius 3 is 2.94 bits per heavy atom. The number of hydrogen-bond donors (Lipinski definition) is 1. The number of fused-ring (bicyclic) bond motifs is 1. The molecule has 0 bridgehead atoms. The van der Waals surface area contributed by atoms with Gasteiger partial charge in [-0.15, -0.1) is 12.4 Å². The van der Waals surface area contributed by atoms with Gasteiger partial charge in [0.2, 0.25) is 0 Å². The van der Waals surface area contributed by atoms with E-state index in [9.17, 15) is 4.79 Å². The average molecular weight is 242 g/mol. The minimum absolute atomic E-state index is 0. The maximum atomic E-state index is 11.3. The smallest absolute Gasteiger partial charge is 0.337 e. The number of methoxy groups -OCH3 is 1. The van der Waals surface area contributed by atoms with Crippen LogP contribution in [0.3, 0.4) is 0 Å². The first kappa shape index (κ1) is 13.0. The number of nitrogens with one attached hydrogen (secondary N) is 1. The van der Waals surface area contributed by atoms with Crippen molar-refractivity contribution < 1.29 is 9.53 Å². The van der Waals surface area contributed by atoms with Gasteiger partial charge in [0.15, 0.2) is 0 Å². The zero-order valence-electron chi connectivity index (χ0n) is 9.45. The molecule has 16 heavy (non-hydrogen) atoms. The zero-order chi connectivity index (χ0) is 10.8. The highest BCUT2D eigenvalue weighted by Gasteiger charge is 2.17. The van der Waals surface area contributed by atoms with Gasteiger partial charge in [-0.05, 0) is 43.1 Å². The van der Waals surface area contributed by atoms with Crippen LogP contribution in [0.25, 0.3) is 0 Å². The molecule has 1 aromatic carbocycles. The highest BCUT2D eigenvalue weighted by Crippen LogP contribution is 2.23. The fraction of sp³-hybridized carbons (Fsp3) is 0.417. The van der Waals surface area contributed by atoms with Crippen molar-refractivity contribution in [2.45, 2.75) is 19.4 Å². The molecular weight excluding hydrogens is 226 g/mol. The first-order chi connectivity index (χ1) is 7.22. The molecule has 0 radical (unpaired) electrons. The van der Waals surface area contributed by atoms with E-state index in [4.69, 9.17) is 4.74 Å². The summed E-state index contributed by atoms with van der Waals surface area (Å²) in [6.45, 7) is 3.11. The summed E-state index contributed by atoms with van der Waals surface area (Å²) >= 11 is 0. The minimum atomic E-state index is -0.260. The lowest BCUT2D eigenvalue weighted by atomic mass is 9.93. The summed E-state index contributed by atoms with van der Waals surface area (Å²) in [5, 5.41) is 3.38. The van der Waals surface area contributed by atoms with Crippen molar-refractivity contribution in [2.75, 3.05) is 13.7 Å². The van der Waals surface area contributed by atoms with Crippen molar-refractivity contribution in [3.8, 4) is 0 Å². The Hall–Kier alpha value is -1.06. The predicted octanol–water partition coefficient (Wildman–Crippen LogP) is 2.10. The second-order valence-electron chi connectivity index (χ2n) is 3.83. The van der Waals surface area contributed by atoms with E-state index in [1.54, 1.807) is 0 Å². The lowest BCUT2D eigenvalue weighted by Gasteiger charge is -2.24. The normalized spacial score (nSPS) is 18.2. The summed E-state index contributed by atoms with van der Waals surface area (Å²) in [5.41, 5.74) is 3.18. The molecule has 1 N–H and O–H groups in total. The molecule has 2 rings (SSSR count). The maximum Gasteiger partial charge on any atom is 0.337 e. The molecule has 1 atom stereocenters. The van der Waals surface area contributed by atoms with Gasteiger partial charge in [-0.2, -0.15) is 0 Å². The van der Waals surface area contributed by atoms with E-state index in [1.165, 1.54) is 18.2 Å². The molecule has 88 valence electrons. The fourth-order valence-corrected chi connectivity index (χ4v) is 2.02. The lowest BCUT2D eigenvalue weighted by molar-refractivity contribution is 0.0600. The summed E-state index contributed by atoms with van der Waals surface area (Å²) < 4.78 is 4.70. The highest BCUT2D eigenvalue weighted by molar-refractivity contribution is 5.89. The van der Waals surface area contributed by atoms with E-state index in [0.29, 0.717) is 11.6 Å². The van der Waals surface area contributed by atoms with Crippen molar-refractivity contribution in [1.29, 1.82) is 0 Å². The molecular formula is C12H16ClNO2. The Kier molecular flexibility index (Phi) is 4.33. The third kappa shape index (κ3) is 2.36. The SMILES string of the molecule is COC(=O)c1ccc2c(c1)CCNC2C.Cl. The molecule has 0 aromatic heterocycles. The number of esters is 1. The summed E-state index contributed by atoms with van der Waals surface area (Å²) in [4.78, 5) is 11.3. The molecule has 0 fully saturated rings. The van der Waals surface area contributed by atoms with Gasteiger partial charge >= 0.3 is 5.97 Å². The largest absolute Gasteiger partial charge is 0.465 e. The number of ether oxygens (including phenoxy) is 1. The molecule has 0 saturated heterocycles. The molecule has 1 heterocycles.